The van der Waals surface area contributed by atoms with Crippen LogP contribution in [-0.2, 0) is 6.42 Å². The average molecular weight is 265 g/mol. The Labute approximate surface area is 117 Å². The summed E-state index contributed by atoms with van der Waals surface area (Å²) >= 11 is 0. The summed E-state index contributed by atoms with van der Waals surface area (Å²) in [6.45, 7) is 0. The third kappa shape index (κ3) is 2.69. The Bertz CT molecular complexity index is 674. The van der Waals surface area contributed by atoms with E-state index in [0.29, 0.717) is 0 Å². The largest absolute Gasteiger partial charge is 0.497 e. The zero-order chi connectivity index (χ0) is 13.8. The molecule has 4 heteroatoms. The molecule has 3 aromatic rings. The molecule has 0 radical (unpaired) electrons. The maximum absolute atomic E-state index is 5.15. The van der Waals surface area contributed by atoms with Gasteiger partial charge in [-0.15, -0.1) is 0 Å². The molecule has 0 amide bonds. The van der Waals surface area contributed by atoms with Gasteiger partial charge < -0.3 is 9.72 Å². The molecule has 1 aromatic carbocycles. The quantitative estimate of drug-likeness (QED) is 0.788. The van der Waals surface area contributed by atoms with Gasteiger partial charge in [-0.2, -0.15) is 0 Å². The van der Waals surface area contributed by atoms with Gasteiger partial charge in [0.05, 0.1) is 19.0 Å². The highest BCUT2D eigenvalue weighted by atomic mass is 16.5. The Morgan fingerprint density at radius 2 is 1.95 bits per heavy atom. The summed E-state index contributed by atoms with van der Waals surface area (Å²) in [6, 6.07) is 11.9. The van der Waals surface area contributed by atoms with E-state index in [1.165, 1.54) is 5.56 Å². The summed E-state index contributed by atoms with van der Waals surface area (Å²) in [5.74, 6) is 1.80. The highest BCUT2D eigenvalue weighted by Gasteiger charge is 2.04. The second-order valence-corrected chi connectivity index (χ2v) is 4.51. The van der Waals surface area contributed by atoms with Gasteiger partial charge in [-0.05, 0) is 29.8 Å². The van der Waals surface area contributed by atoms with Crippen LogP contribution < -0.4 is 4.74 Å². The van der Waals surface area contributed by atoms with Crippen LogP contribution >= 0.6 is 0 Å². The van der Waals surface area contributed by atoms with Crippen LogP contribution in [-0.4, -0.2) is 22.1 Å². The second-order valence-electron chi connectivity index (χ2n) is 4.51. The molecule has 0 aliphatic carbocycles. The molecule has 0 saturated carbocycles. The molecule has 0 aliphatic heterocycles. The molecule has 0 spiro atoms. The van der Waals surface area contributed by atoms with Crippen molar-refractivity contribution in [2.24, 2.45) is 0 Å². The van der Waals surface area contributed by atoms with Crippen LogP contribution in [0.2, 0.25) is 0 Å². The Hall–Kier alpha value is -2.62. The zero-order valence-electron chi connectivity index (χ0n) is 11.2. The van der Waals surface area contributed by atoms with Gasteiger partial charge >= 0.3 is 0 Å². The minimum absolute atomic E-state index is 0.768. The molecule has 0 aliphatic rings. The number of methoxy groups -OCH3 is 1. The topological polar surface area (TPSA) is 50.8 Å². The fourth-order valence-electron chi connectivity index (χ4n) is 2.06. The van der Waals surface area contributed by atoms with E-state index in [1.54, 1.807) is 13.3 Å². The van der Waals surface area contributed by atoms with Gasteiger partial charge in [0.1, 0.15) is 11.6 Å². The number of ether oxygens (including phenoxy) is 1. The third-order valence-corrected chi connectivity index (χ3v) is 3.13. The van der Waals surface area contributed by atoms with Crippen LogP contribution in [0.25, 0.3) is 11.3 Å². The van der Waals surface area contributed by atoms with Crippen molar-refractivity contribution in [1.82, 2.24) is 15.0 Å². The summed E-state index contributed by atoms with van der Waals surface area (Å²) in [5.41, 5.74) is 3.22. The van der Waals surface area contributed by atoms with Crippen molar-refractivity contribution in [3.63, 3.8) is 0 Å². The Balaban J connectivity index is 1.77. The fourth-order valence-corrected chi connectivity index (χ4v) is 2.06. The number of aromatic amines is 1. The maximum Gasteiger partial charge on any atom is 0.118 e. The monoisotopic (exact) mass is 265 g/mol. The molecule has 2 heterocycles. The number of nitrogens with zero attached hydrogens (tertiary/aromatic N) is 2. The Kier molecular flexibility index (Phi) is 3.46. The number of benzene rings is 1. The number of imidazole rings is 1. The van der Waals surface area contributed by atoms with E-state index in [-0.39, 0.29) is 0 Å². The van der Waals surface area contributed by atoms with E-state index < -0.39 is 0 Å². The highest BCUT2D eigenvalue weighted by Crippen LogP contribution is 2.17. The normalized spacial score (nSPS) is 10.4. The van der Waals surface area contributed by atoms with Gasteiger partial charge in [-0.25, -0.2) is 4.98 Å². The summed E-state index contributed by atoms with van der Waals surface area (Å²) in [7, 11) is 1.67. The SMILES string of the molecule is COc1ccc(Cc2ncc(-c3cccnc3)[nH]2)cc1. The molecule has 1 N–H and O–H groups in total. The standard InChI is InChI=1S/C16H15N3O/c1-20-14-6-4-12(5-7-14)9-16-18-11-15(19-16)13-3-2-8-17-10-13/h2-8,10-11H,9H2,1H3,(H,18,19). The highest BCUT2D eigenvalue weighted by molar-refractivity contribution is 5.56. The number of rotatable bonds is 4. The van der Waals surface area contributed by atoms with Gasteiger partial charge in [0.2, 0.25) is 0 Å². The van der Waals surface area contributed by atoms with Crippen LogP contribution in [0.4, 0.5) is 0 Å². The number of hydrogen-bond acceptors (Lipinski definition) is 3. The fraction of sp³-hybridized carbons (Fsp3) is 0.125. The van der Waals surface area contributed by atoms with Crippen LogP contribution in [0.3, 0.4) is 0 Å². The molecule has 4 nitrogen and oxygen atoms in total. The van der Waals surface area contributed by atoms with Crippen LogP contribution in [0.15, 0.2) is 55.0 Å². The van der Waals surface area contributed by atoms with Crippen LogP contribution in [0.5, 0.6) is 5.75 Å². The van der Waals surface area contributed by atoms with E-state index in [1.807, 2.05) is 48.8 Å². The number of H-pyrrole nitrogens is 1. The van der Waals surface area contributed by atoms with Crippen LogP contribution in [0, 0.1) is 0 Å². The number of aromatic nitrogens is 3. The smallest absolute Gasteiger partial charge is 0.118 e. The molecule has 20 heavy (non-hydrogen) atoms. The van der Waals surface area contributed by atoms with Crippen molar-refractivity contribution in [3.05, 3.63) is 66.4 Å². The van der Waals surface area contributed by atoms with Gasteiger partial charge in [0, 0.05) is 24.4 Å². The molecule has 3 rings (SSSR count). The van der Waals surface area contributed by atoms with Gasteiger partial charge in [0.25, 0.3) is 0 Å². The first kappa shape index (κ1) is 12.4. The van der Waals surface area contributed by atoms with E-state index in [0.717, 1.165) is 29.3 Å². The third-order valence-electron chi connectivity index (χ3n) is 3.13. The Morgan fingerprint density at radius 3 is 2.65 bits per heavy atom. The first-order chi connectivity index (χ1) is 9.85. The van der Waals surface area contributed by atoms with Crippen molar-refractivity contribution >= 4 is 0 Å². The van der Waals surface area contributed by atoms with Gasteiger partial charge in [-0.1, -0.05) is 12.1 Å². The minimum atomic E-state index is 0.768. The molecular formula is C16H15N3O. The molecule has 0 atom stereocenters. The molecule has 0 bridgehead atoms. The number of nitrogens with one attached hydrogen (secondary N) is 1. The van der Waals surface area contributed by atoms with E-state index >= 15 is 0 Å². The molecule has 0 unspecified atom stereocenters. The van der Waals surface area contributed by atoms with E-state index in [9.17, 15) is 0 Å². The number of pyridine rings is 1. The van der Waals surface area contributed by atoms with Crippen molar-refractivity contribution in [3.8, 4) is 17.0 Å². The molecule has 0 saturated heterocycles. The van der Waals surface area contributed by atoms with Crippen molar-refractivity contribution in [2.75, 3.05) is 7.11 Å². The van der Waals surface area contributed by atoms with Crippen molar-refractivity contribution in [2.45, 2.75) is 6.42 Å². The predicted molar refractivity (Wildman–Crippen MR) is 77.6 cm³/mol. The molecule has 100 valence electrons. The summed E-state index contributed by atoms with van der Waals surface area (Å²) in [4.78, 5) is 11.9. The van der Waals surface area contributed by atoms with Crippen molar-refractivity contribution in [1.29, 1.82) is 0 Å². The molecular weight excluding hydrogens is 250 g/mol. The summed E-state index contributed by atoms with van der Waals surface area (Å²) in [5, 5.41) is 0. The molecule has 2 aromatic heterocycles. The summed E-state index contributed by atoms with van der Waals surface area (Å²) in [6.07, 6.45) is 6.20. The lowest BCUT2D eigenvalue weighted by atomic mass is 10.1. The van der Waals surface area contributed by atoms with Crippen LogP contribution in [0.1, 0.15) is 11.4 Å². The lowest BCUT2D eigenvalue weighted by molar-refractivity contribution is 0.414. The second kappa shape index (κ2) is 5.57. The summed E-state index contributed by atoms with van der Waals surface area (Å²) < 4.78 is 5.15. The number of hydrogen-bond donors (Lipinski definition) is 1. The zero-order valence-corrected chi connectivity index (χ0v) is 11.2. The van der Waals surface area contributed by atoms with Gasteiger partial charge in [0.15, 0.2) is 0 Å². The lowest BCUT2D eigenvalue weighted by Crippen LogP contribution is -1.91. The molecule has 0 fully saturated rings. The first-order valence-corrected chi connectivity index (χ1v) is 6.42. The van der Waals surface area contributed by atoms with Crippen molar-refractivity contribution < 1.29 is 4.74 Å². The predicted octanol–water partition coefficient (Wildman–Crippen LogP) is 3.07. The lowest BCUT2D eigenvalue weighted by Gasteiger charge is -2.01. The average Bonchev–Trinajstić information content (AvgIpc) is 2.97. The first-order valence-electron chi connectivity index (χ1n) is 6.42. The van der Waals surface area contributed by atoms with E-state index in [2.05, 4.69) is 15.0 Å². The van der Waals surface area contributed by atoms with E-state index in [4.69, 9.17) is 4.74 Å². The minimum Gasteiger partial charge on any atom is -0.497 e. The van der Waals surface area contributed by atoms with Gasteiger partial charge in [-0.3, -0.25) is 4.98 Å². The maximum atomic E-state index is 5.15. The Morgan fingerprint density at radius 1 is 1.10 bits per heavy atom.